The third kappa shape index (κ3) is 2.24. The summed E-state index contributed by atoms with van der Waals surface area (Å²) in [5.41, 5.74) is 4.92. The van der Waals surface area contributed by atoms with E-state index in [2.05, 4.69) is 58.7 Å². The van der Waals surface area contributed by atoms with Crippen molar-refractivity contribution in [2.24, 2.45) is 0 Å². The molecule has 0 radical (unpaired) electrons. The van der Waals surface area contributed by atoms with Gasteiger partial charge in [-0.1, -0.05) is 24.3 Å². The number of rotatable bonds is 2. The first kappa shape index (κ1) is 13.6. The molecule has 112 valence electrons. The van der Waals surface area contributed by atoms with Crippen molar-refractivity contribution in [3.63, 3.8) is 0 Å². The Labute approximate surface area is 134 Å². The van der Waals surface area contributed by atoms with Gasteiger partial charge in [0.25, 0.3) is 0 Å². The average Bonchev–Trinajstić information content (AvgIpc) is 3.10. The second-order valence-electron chi connectivity index (χ2n) is 5.74. The van der Waals surface area contributed by atoms with Crippen LogP contribution in [0.15, 0.2) is 41.8 Å². The van der Waals surface area contributed by atoms with Crippen LogP contribution < -0.4 is 5.32 Å². The van der Waals surface area contributed by atoms with Crippen molar-refractivity contribution in [2.45, 2.75) is 26.2 Å². The monoisotopic (exact) mass is 309 g/mol. The van der Waals surface area contributed by atoms with E-state index < -0.39 is 0 Å². The highest BCUT2D eigenvalue weighted by Gasteiger charge is 2.22. The van der Waals surface area contributed by atoms with E-state index in [4.69, 9.17) is 5.10 Å². The second kappa shape index (κ2) is 5.61. The van der Waals surface area contributed by atoms with Gasteiger partial charge in [-0.25, -0.2) is 4.68 Å². The van der Waals surface area contributed by atoms with Crippen LogP contribution >= 0.6 is 11.3 Å². The smallest absolute Gasteiger partial charge is 0.133 e. The maximum Gasteiger partial charge on any atom is 0.133 e. The van der Waals surface area contributed by atoms with Crippen molar-refractivity contribution in [2.75, 3.05) is 11.9 Å². The number of fused-ring (bicyclic) bond motifs is 1. The minimum Gasteiger partial charge on any atom is -0.370 e. The third-order valence-electron chi connectivity index (χ3n) is 4.23. The zero-order valence-electron chi connectivity index (χ0n) is 12.7. The Morgan fingerprint density at radius 2 is 2.05 bits per heavy atom. The summed E-state index contributed by atoms with van der Waals surface area (Å²) in [6.45, 7) is 3.17. The fourth-order valence-electron chi connectivity index (χ4n) is 3.09. The van der Waals surface area contributed by atoms with Gasteiger partial charge >= 0.3 is 0 Å². The fourth-order valence-corrected chi connectivity index (χ4v) is 3.83. The minimum atomic E-state index is 1.02. The molecule has 0 fully saturated rings. The molecule has 4 heteroatoms. The molecular formula is C18H19N3S. The van der Waals surface area contributed by atoms with Gasteiger partial charge in [0.1, 0.15) is 11.5 Å². The Morgan fingerprint density at radius 1 is 1.14 bits per heavy atom. The minimum absolute atomic E-state index is 1.02. The number of anilines is 1. The third-order valence-corrected chi connectivity index (χ3v) is 5.10. The topological polar surface area (TPSA) is 29.9 Å². The first-order chi connectivity index (χ1) is 10.8. The maximum absolute atomic E-state index is 4.97. The molecule has 22 heavy (non-hydrogen) atoms. The highest BCUT2D eigenvalue weighted by atomic mass is 32.1. The number of benzene rings is 1. The van der Waals surface area contributed by atoms with Crippen molar-refractivity contribution in [3.8, 4) is 16.3 Å². The van der Waals surface area contributed by atoms with E-state index in [9.17, 15) is 0 Å². The number of hydrogen-bond donors (Lipinski definition) is 1. The summed E-state index contributed by atoms with van der Waals surface area (Å²) in [5, 5.41) is 10.7. The highest BCUT2D eigenvalue weighted by Crippen LogP contribution is 2.36. The number of aryl methyl sites for hydroxylation is 1. The van der Waals surface area contributed by atoms with Crippen molar-refractivity contribution in [1.29, 1.82) is 0 Å². The van der Waals surface area contributed by atoms with Gasteiger partial charge in [0.05, 0.1) is 10.6 Å². The largest absolute Gasteiger partial charge is 0.370 e. The summed E-state index contributed by atoms with van der Waals surface area (Å²) >= 11 is 1.76. The molecule has 1 aliphatic heterocycles. The van der Waals surface area contributed by atoms with Crippen LogP contribution in [-0.4, -0.2) is 16.3 Å². The van der Waals surface area contributed by atoms with Crippen LogP contribution in [0.25, 0.3) is 16.3 Å². The molecule has 0 bridgehead atoms. The molecule has 3 aromatic rings. The van der Waals surface area contributed by atoms with Gasteiger partial charge in [0.2, 0.25) is 0 Å². The summed E-state index contributed by atoms with van der Waals surface area (Å²) in [4.78, 5) is 1.26. The van der Waals surface area contributed by atoms with Crippen molar-refractivity contribution >= 4 is 17.2 Å². The summed E-state index contributed by atoms with van der Waals surface area (Å²) in [6, 6.07) is 12.7. The second-order valence-corrected chi connectivity index (χ2v) is 6.68. The lowest BCUT2D eigenvalue weighted by Crippen LogP contribution is -2.08. The molecule has 0 atom stereocenters. The average molecular weight is 309 g/mol. The highest BCUT2D eigenvalue weighted by molar-refractivity contribution is 7.13. The van der Waals surface area contributed by atoms with Gasteiger partial charge < -0.3 is 5.32 Å². The lowest BCUT2D eigenvalue weighted by Gasteiger charge is -2.11. The van der Waals surface area contributed by atoms with Gasteiger partial charge in [-0.2, -0.15) is 5.10 Å². The molecule has 0 amide bonds. The Kier molecular flexibility index (Phi) is 3.47. The number of nitrogens with one attached hydrogen (secondary N) is 1. The van der Waals surface area contributed by atoms with Crippen LogP contribution in [0.2, 0.25) is 0 Å². The first-order valence-electron chi connectivity index (χ1n) is 7.80. The predicted molar refractivity (Wildman–Crippen MR) is 93.0 cm³/mol. The molecule has 0 saturated carbocycles. The van der Waals surface area contributed by atoms with Gasteiger partial charge in [-0.05, 0) is 49.3 Å². The van der Waals surface area contributed by atoms with E-state index in [1.807, 2.05) is 0 Å². The van der Waals surface area contributed by atoms with E-state index in [-0.39, 0.29) is 0 Å². The van der Waals surface area contributed by atoms with E-state index in [1.54, 1.807) is 11.3 Å². The molecule has 0 spiro atoms. The summed E-state index contributed by atoms with van der Waals surface area (Å²) in [6.07, 6.45) is 3.53. The molecule has 0 saturated heterocycles. The summed E-state index contributed by atoms with van der Waals surface area (Å²) in [7, 11) is 0. The molecule has 2 aromatic heterocycles. The quantitative estimate of drug-likeness (QED) is 0.746. The molecule has 3 heterocycles. The first-order valence-corrected chi connectivity index (χ1v) is 8.68. The number of thiophene rings is 1. The Balaban J connectivity index is 1.94. The fraction of sp³-hybridized carbons (Fsp3) is 0.278. The van der Waals surface area contributed by atoms with Crippen LogP contribution in [-0.2, 0) is 6.42 Å². The standard InChI is InChI=1S/C18H19N3S/c1-13-7-2-3-9-15(13)21-18-14(8-4-5-11-19-18)17(20-21)16-10-6-12-22-16/h2-3,6-7,9-10,12,19H,4-5,8,11H2,1H3. The van der Waals surface area contributed by atoms with E-state index in [0.29, 0.717) is 0 Å². The van der Waals surface area contributed by atoms with Gasteiger partial charge in [0.15, 0.2) is 0 Å². The maximum atomic E-state index is 4.97. The van der Waals surface area contributed by atoms with Crippen molar-refractivity contribution in [3.05, 3.63) is 52.9 Å². The number of nitrogens with zero attached hydrogens (tertiary/aromatic N) is 2. The molecule has 1 N–H and O–H groups in total. The van der Waals surface area contributed by atoms with Gasteiger partial charge in [-0.3, -0.25) is 0 Å². The SMILES string of the molecule is Cc1ccccc1-n1nc(-c2cccs2)c2c1NCCCC2. The zero-order chi connectivity index (χ0) is 14.9. The Morgan fingerprint density at radius 3 is 2.86 bits per heavy atom. The Hall–Kier alpha value is -2.07. The van der Waals surface area contributed by atoms with Gasteiger partial charge in [-0.15, -0.1) is 11.3 Å². The Bertz CT molecular complexity index is 787. The molecule has 1 aromatic carbocycles. The van der Waals surface area contributed by atoms with Gasteiger partial charge in [0, 0.05) is 12.1 Å². The predicted octanol–water partition coefficient (Wildman–Crippen LogP) is 4.66. The van der Waals surface area contributed by atoms with Crippen LogP contribution in [0.5, 0.6) is 0 Å². The number of para-hydroxylation sites is 1. The lowest BCUT2D eigenvalue weighted by molar-refractivity contribution is 0.780. The molecular weight excluding hydrogens is 290 g/mol. The molecule has 4 rings (SSSR count). The zero-order valence-corrected chi connectivity index (χ0v) is 13.5. The number of aromatic nitrogens is 2. The van der Waals surface area contributed by atoms with Crippen molar-refractivity contribution < 1.29 is 0 Å². The molecule has 1 aliphatic rings. The van der Waals surface area contributed by atoms with Crippen LogP contribution in [0.1, 0.15) is 24.0 Å². The molecule has 0 aliphatic carbocycles. The van der Waals surface area contributed by atoms with E-state index >= 15 is 0 Å². The molecule has 3 nitrogen and oxygen atoms in total. The lowest BCUT2D eigenvalue weighted by atomic mass is 10.1. The normalized spacial score (nSPS) is 14.2. The molecule has 0 unspecified atom stereocenters. The summed E-state index contributed by atoms with van der Waals surface area (Å²) < 4.78 is 2.10. The van der Waals surface area contributed by atoms with Crippen LogP contribution in [0.4, 0.5) is 5.82 Å². The van der Waals surface area contributed by atoms with Crippen LogP contribution in [0.3, 0.4) is 0 Å². The summed E-state index contributed by atoms with van der Waals surface area (Å²) in [5.74, 6) is 1.18. The van der Waals surface area contributed by atoms with Crippen LogP contribution in [0, 0.1) is 6.92 Å². The van der Waals surface area contributed by atoms with E-state index in [0.717, 1.165) is 24.3 Å². The number of hydrogen-bond acceptors (Lipinski definition) is 3. The van der Waals surface area contributed by atoms with E-state index in [1.165, 1.54) is 34.7 Å². The van der Waals surface area contributed by atoms with Crippen molar-refractivity contribution in [1.82, 2.24) is 9.78 Å².